The second kappa shape index (κ2) is 5.18. The van der Waals surface area contributed by atoms with Crippen LogP contribution in [0.1, 0.15) is 42.0 Å². The first-order chi connectivity index (χ1) is 11.1. The van der Waals surface area contributed by atoms with E-state index < -0.39 is 5.41 Å². The Morgan fingerprint density at radius 1 is 1.39 bits per heavy atom. The average molecular weight is 313 g/mol. The number of H-pyrrole nitrogens is 1. The minimum atomic E-state index is -0.622. The van der Waals surface area contributed by atoms with Gasteiger partial charge in [0.15, 0.2) is 0 Å². The van der Waals surface area contributed by atoms with Crippen molar-refractivity contribution in [3.05, 3.63) is 53.1 Å². The summed E-state index contributed by atoms with van der Waals surface area (Å²) in [6, 6.07) is 6.69. The van der Waals surface area contributed by atoms with Gasteiger partial charge in [-0.15, -0.1) is 0 Å². The number of likely N-dealkylation sites (tertiary alicyclic amines) is 1. The molecule has 1 aliphatic carbocycles. The van der Waals surface area contributed by atoms with E-state index in [4.69, 9.17) is 0 Å². The molecule has 1 saturated heterocycles. The molecule has 4 rings (SSSR count). The highest BCUT2D eigenvalue weighted by Gasteiger charge is 2.55. The van der Waals surface area contributed by atoms with Gasteiger partial charge in [0.05, 0.1) is 11.6 Å². The van der Waals surface area contributed by atoms with Crippen molar-refractivity contribution in [2.24, 2.45) is 0 Å². The minimum absolute atomic E-state index is 0.0854. The molecule has 0 unspecified atom stereocenters. The second-order valence-corrected chi connectivity index (χ2v) is 6.77. The third-order valence-corrected chi connectivity index (χ3v) is 5.30. The molecule has 120 valence electrons. The van der Waals surface area contributed by atoms with Crippen molar-refractivity contribution in [1.29, 1.82) is 0 Å². The van der Waals surface area contributed by atoms with Crippen molar-refractivity contribution >= 4 is 5.91 Å². The third-order valence-electron chi connectivity index (χ3n) is 5.30. The van der Waals surface area contributed by atoms with E-state index in [1.807, 2.05) is 24.1 Å². The number of carbonyl (C=O) groups is 1. The number of carbonyl (C=O) groups excluding carboxylic acids is 1. The summed E-state index contributed by atoms with van der Waals surface area (Å²) in [4.78, 5) is 14.9. The molecule has 1 aliphatic heterocycles. The average Bonchev–Trinajstić information content (AvgIpc) is 3.00. The predicted octanol–water partition coefficient (Wildman–Crippen LogP) is 2.90. The first-order valence-electron chi connectivity index (χ1n) is 8.16. The summed E-state index contributed by atoms with van der Waals surface area (Å²) in [7, 11) is 0. The molecule has 1 aromatic heterocycles. The fourth-order valence-electron chi connectivity index (χ4n) is 3.83. The van der Waals surface area contributed by atoms with Gasteiger partial charge < -0.3 is 4.90 Å². The molecule has 0 radical (unpaired) electrons. The number of aromatic nitrogens is 2. The predicted molar refractivity (Wildman–Crippen MR) is 84.6 cm³/mol. The molecular formula is C18H20FN3O. The molecule has 2 heterocycles. The van der Waals surface area contributed by atoms with E-state index in [0.29, 0.717) is 18.0 Å². The van der Waals surface area contributed by atoms with Gasteiger partial charge in [-0.05, 0) is 37.8 Å². The molecule has 2 aliphatic rings. The Morgan fingerprint density at radius 3 is 2.83 bits per heavy atom. The fourth-order valence-corrected chi connectivity index (χ4v) is 3.83. The number of hydrogen-bond donors (Lipinski definition) is 1. The van der Waals surface area contributed by atoms with Crippen LogP contribution in [0.2, 0.25) is 0 Å². The summed E-state index contributed by atoms with van der Waals surface area (Å²) >= 11 is 0. The maximum atomic E-state index is 14.1. The Kier molecular flexibility index (Phi) is 3.25. The number of nitrogens with one attached hydrogen (secondary N) is 1. The van der Waals surface area contributed by atoms with Crippen molar-refractivity contribution in [1.82, 2.24) is 15.1 Å². The van der Waals surface area contributed by atoms with Gasteiger partial charge in [-0.3, -0.25) is 9.89 Å². The van der Waals surface area contributed by atoms with Gasteiger partial charge >= 0.3 is 0 Å². The second-order valence-electron chi connectivity index (χ2n) is 6.77. The standard InChI is InChI=1S/C18H20FN3O/c1-12-10-20-21-16(12)13-6-9-22(11-13)17(23)18(7-8-18)14-4-2-3-5-15(14)19/h2-5,10,13H,6-9,11H2,1H3,(H,20,21)/t13-/m1/s1. The van der Waals surface area contributed by atoms with Gasteiger partial charge in [0, 0.05) is 30.3 Å². The van der Waals surface area contributed by atoms with Crippen LogP contribution in [-0.2, 0) is 10.2 Å². The number of hydrogen-bond acceptors (Lipinski definition) is 2. The smallest absolute Gasteiger partial charge is 0.233 e. The Hall–Kier alpha value is -2.17. The number of amides is 1. The molecule has 4 nitrogen and oxygen atoms in total. The van der Waals surface area contributed by atoms with Crippen molar-refractivity contribution < 1.29 is 9.18 Å². The van der Waals surface area contributed by atoms with Crippen LogP contribution in [0, 0.1) is 12.7 Å². The van der Waals surface area contributed by atoms with Crippen LogP contribution in [0.15, 0.2) is 30.5 Å². The summed E-state index contributed by atoms with van der Waals surface area (Å²) in [5.74, 6) is 0.124. The minimum Gasteiger partial charge on any atom is -0.341 e. The SMILES string of the molecule is Cc1cn[nH]c1[C@@H]1CCN(C(=O)C2(c3ccccc3F)CC2)C1. The lowest BCUT2D eigenvalue weighted by atomic mass is 9.93. The van der Waals surface area contributed by atoms with Crippen LogP contribution in [-0.4, -0.2) is 34.1 Å². The first kappa shape index (κ1) is 14.4. The van der Waals surface area contributed by atoms with E-state index in [9.17, 15) is 9.18 Å². The first-order valence-corrected chi connectivity index (χ1v) is 8.16. The highest BCUT2D eigenvalue weighted by Crippen LogP contribution is 2.51. The zero-order valence-electron chi connectivity index (χ0n) is 13.2. The number of aromatic amines is 1. The van der Waals surface area contributed by atoms with Crippen LogP contribution in [0.3, 0.4) is 0 Å². The van der Waals surface area contributed by atoms with Gasteiger partial charge in [-0.2, -0.15) is 5.10 Å². The van der Waals surface area contributed by atoms with Crippen LogP contribution in [0.4, 0.5) is 4.39 Å². The highest BCUT2D eigenvalue weighted by molar-refractivity contribution is 5.91. The van der Waals surface area contributed by atoms with Gasteiger partial charge in [-0.25, -0.2) is 4.39 Å². The lowest BCUT2D eigenvalue weighted by Gasteiger charge is -2.24. The lowest BCUT2D eigenvalue weighted by molar-refractivity contribution is -0.133. The summed E-state index contributed by atoms with van der Waals surface area (Å²) in [6.45, 7) is 3.46. The van der Waals surface area contributed by atoms with E-state index in [1.165, 1.54) is 6.07 Å². The van der Waals surface area contributed by atoms with Crippen LogP contribution in [0.5, 0.6) is 0 Å². The molecule has 2 fully saturated rings. The van der Waals surface area contributed by atoms with Gasteiger partial charge in [0.25, 0.3) is 0 Å². The van der Waals surface area contributed by atoms with E-state index in [0.717, 1.165) is 37.1 Å². The third kappa shape index (κ3) is 2.26. The molecule has 2 aromatic rings. The number of aryl methyl sites for hydroxylation is 1. The van der Waals surface area contributed by atoms with Gasteiger partial charge in [0.2, 0.25) is 5.91 Å². The summed E-state index contributed by atoms with van der Waals surface area (Å²) in [6.07, 6.45) is 4.25. The quantitative estimate of drug-likeness (QED) is 0.947. The zero-order valence-corrected chi connectivity index (χ0v) is 13.2. The molecular weight excluding hydrogens is 293 g/mol. The van der Waals surface area contributed by atoms with E-state index in [2.05, 4.69) is 10.2 Å². The molecule has 0 spiro atoms. The van der Waals surface area contributed by atoms with Crippen molar-refractivity contribution in [3.8, 4) is 0 Å². The highest BCUT2D eigenvalue weighted by atomic mass is 19.1. The topological polar surface area (TPSA) is 49.0 Å². The number of benzene rings is 1. The van der Waals surface area contributed by atoms with Crippen LogP contribution >= 0.6 is 0 Å². The number of nitrogens with zero attached hydrogens (tertiary/aromatic N) is 2. The van der Waals surface area contributed by atoms with E-state index >= 15 is 0 Å². The zero-order chi connectivity index (χ0) is 16.0. The molecule has 1 N–H and O–H groups in total. The summed E-state index contributed by atoms with van der Waals surface area (Å²) in [5, 5.41) is 7.13. The largest absolute Gasteiger partial charge is 0.341 e. The van der Waals surface area contributed by atoms with Crippen molar-refractivity contribution in [3.63, 3.8) is 0 Å². The van der Waals surface area contributed by atoms with E-state index in [-0.39, 0.29) is 11.7 Å². The Bertz CT molecular complexity index is 750. The van der Waals surface area contributed by atoms with E-state index in [1.54, 1.807) is 12.1 Å². The molecule has 1 saturated carbocycles. The monoisotopic (exact) mass is 313 g/mol. The van der Waals surface area contributed by atoms with Crippen molar-refractivity contribution in [2.75, 3.05) is 13.1 Å². The maximum absolute atomic E-state index is 14.1. The fraction of sp³-hybridized carbons (Fsp3) is 0.444. The Balaban J connectivity index is 1.55. The number of halogens is 1. The molecule has 1 atom stereocenters. The molecule has 23 heavy (non-hydrogen) atoms. The maximum Gasteiger partial charge on any atom is 0.233 e. The molecule has 0 bridgehead atoms. The van der Waals surface area contributed by atoms with Gasteiger partial charge in [-0.1, -0.05) is 18.2 Å². The summed E-state index contributed by atoms with van der Waals surface area (Å²) < 4.78 is 14.1. The number of rotatable bonds is 3. The van der Waals surface area contributed by atoms with Crippen molar-refractivity contribution in [2.45, 2.75) is 37.5 Å². The Morgan fingerprint density at radius 2 is 2.17 bits per heavy atom. The molecule has 1 aromatic carbocycles. The normalized spacial score (nSPS) is 22.3. The van der Waals surface area contributed by atoms with Crippen LogP contribution < -0.4 is 0 Å². The van der Waals surface area contributed by atoms with Crippen LogP contribution in [0.25, 0.3) is 0 Å². The Labute approximate surface area is 134 Å². The molecule has 1 amide bonds. The lowest BCUT2D eigenvalue weighted by Crippen LogP contribution is -2.38. The molecule has 5 heteroatoms. The van der Waals surface area contributed by atoms with Gasteiger partial charge in [0.1, 0.15) is 5.82 Å². The summed E-state index contributed by atoms with van der Waals surface area (Å²) in [5.41, 5.74) is 2.20.